The Kier molecular flexibility index (Phi) is 4.58. The van der Waals surface area contributed by atoms with E-state index < -0.39 is 0 Å². The number of carbonyl (C=O) groups is 1. The van der Waals surface area contributed by atoms with Gasteiger partial charge in [-0.15, -0.1) is 0 Å². The molecule has 0 fully saturated rings. The van der Waals surface area contributed by atoms with Crippen LogP contribution in [0, 0.1) is 0 Å². The predicted octanol–water partition coefficient (Wildman–Crippen LogP) is 2.24. The first-order valence-corrected chi connectivity index (χ1v) is 6.65. The zero-order chi connectivity index (χ0) is 14.5. The zero-order valence-corrected chi connectivity index (χ0v) is 11.7. The lowest BCUT2D eigenvalue weighted by Crippen LogP contribution is -2.34. The monoisotopic (exact) mass is 273 g/mol. The lowest BCUT2D eigenvalue weighted by Gasteiger charge is -2.13. The Morgan fingerprint density at radius 2 is 2.00 bits per heavy atom. The summed E-state index contributed by atoms with van der Waals surface area (Å²) in [4.78, 5) is 11.6. The molecule has 4 heteroatoms. The van der Waals surface area contributed by atoms with Crippen molar-refractivity contribution in [2.45, 2.75) is 26.5 Å². The van der Waals surface area contributed by atoms with Gasteiger partial charge in [0.15, 0.2) is 6.61 Å². The van der Waals surface area contributed by atoms with E-state index in [2.05, 4.69) is 5.32 Å². The molecule has 0 unspecified atom stereocenters. The van der Waals surface area contributed by atoms with E-state index in [4.69, 9.17) is 4.74 Å². The van der Waals surface area contributed by atoms with Gasteiger partial charge in [0.25, 0.3) is 5.91 Å². The molecule has 4 nitrogen and oxygen atoms in total. The largest absolute Gasteiger partial charge is 0.483 e. The van der Waals surface area contributed by atoms with Crippen LogP contribution in [0.15, 0.2) is 36.4 Å². The lowest BCUT2D eigenvalue weighted by molar-refractivity contribution is -0.123. The standard InChI is InChI=1S/C16H19NO3/c1-11(2)17-16(19)10-20-15-8-7-12-5-3-4-6-13(12)14(15)9-18/h3-8,11,18H,9-10H2,1-2H3,(H,17,19). The summed E-state index contributed by atoms with van der Waals surface area (Å²) in [5.74, 6) is 0.377. The van der Waals surface area contributed by atoms with Crippen molar-refractivity contribution in [3.63, 3.8) is 0 Å². The van der Waals surface area contributed by atoms with Crippen LogP contribution in [0.1, 0.15) is 19.4 Å². The third kappa shape index (κ3) is 3.27. The minimum Gasteiger partial charge on any atom is -0.483 e. The van der Waals surface area contributed by atoms with E-state index in [9.17, 15) is 9.90 Å². The highest BCUT2D eigenvalue weighted by Gasteiger charge is 2.10. The van der Waals surface area contributed by atoms with E-state index in [0.717, 1.165) is 10.8 Å². The van der Waals surface area contributed by atoms with Crippen LogP contribution in [0.25, 0.3) is 10.8 Å². The Labute approximate surface area is 118 Å². The van der Waals surface area contributed by atoms with E-state index in [1.165, 1.54) is 0 Å². The van der Waals surface area contributed by atoms with Crippen molar-refractivity contribution in [2.24, 2.45) is 0 Å². The number of fused-ring (bicyclic) bond motifs is 1. The smallest absolute Gasteiger partial charge is 0.258 e. The molecule has 0 heterocycles. The number of amides is 1. The van der Waals surface area contributed by atoms with Gasteiger partial charge >= 0.3 is 0 Å². The van der Waals surface area contributed by atoms with E-state index in [1.54, 1.807) is 6.07 Å². The molecule has 0 bridgehead atoms. The highest BCUT2D eigenvalue weighted by Crippen LogP contribution is 2.28. The van der Waals surface area contributed by atoms with Gasteiger partial charge in [-0.3, -0.25) is 4.79 Å². The Morgan fingerprint density at radius 3 is 2.70 bits per heavy atom. The molecule has 0 saturated heterocycles. The van der Waals surface area contributed by atoms with Crippen LogP contribution in [-0.4, -0.2) is 23.7 Å². The molecule has 0 radical (unpaired) electrons. The molecule has 0 saturated carbocycles. The van der Waals surface area contributed by atoms with Crippen LogP contribution in [0.3, 0.4) is 0 Å². The molecular weight excluding hydrogens is 254 g/mol. The minimum absolute atomic E-state index is 0.0521. The number of hydrogen-bond donors (Lipinski definition) is 2. The maximum Gasteiger partial charge on any atom is 0.258 e. The summed E-state index contributed by atoms with van der Waals surface area (Å²) in [7, 11) is 0. The van der Waals surface area contributed by atoms with Crippen LogP contribution in [-0.2, 0) is 11.4 Å². The molecular formula is C16H19NO3. The number of carbonyl (C=O) groups excluding carboxylic acids is 1. The summed E-state index contributed by atoms with van der Waals surface area (Å²) in [6, 6.07) is 11.6. The van der Waals surface area contributed by atoms with Gasteiger partial charge in [-0.1, -0.05) is 30.3 Å². The number of aliphatic hydroxyl groups is 1. The van der Waals surface area contributed by atoms with Crippen molar-refractivity contribution in [3.05, 3.63) is 42.0 Å². The first-order chi connectivity index (χ1) is 9.61. The normalized spacial score (nSPS) is 10.8. The summed E-state index contributed by atoms with van der Waals surface area (Å²) in [6.07, 6.45) is 0. The van der Waals surface area contributed by atoms with Crippen LogP contribution < -0.4 is 10.1 Å². The van der Waals surface area contributed by atoms with Gasteiger partial charge in [-0.05, 0) is 30.7 Å². The average Bonchev–Trinajstić information content (AvgIpc) is 2.43. The van der Waals surface area contributed by atoms with Crippen LogP contribution in [0.5, 0.6) is 5.75 Å². The van der Waals surface area contributed by atoms with Gasteiger partial charge < -0.3 is 15.2 Å². The van der Waals surface area contributed by atoms with Gasteiger partial charge in [-0.25, -0.2) is 0 Å². The second-order valence-electron chi connectivity index (χ2n) is 4.93. The molecule has 0 aliphatic carbocycles. The summed E-state index contributed by atoms with van der Waals surface area (Å²) in [6.45, 7) is 3.62. The van der Waals surface area contributed by atoms with Gasteiger partial charge in [0, 0.05) is 11.6 Å². The molecule has 2 aromatic rings. The van der Waals surface area contributed by atoms with Crippen molar-refractivity contribution < 1.29 is 14.6 Å². The molecule has 20 heavy (non-hydrogen) atoms. The summed E-state index contributed by atoms with van der Waals surface area (Å²) in [5.41, 5.74) is 0.709. The third-order valence-electron chi connectivity index (χ3n) is 2.96. The number of rotatable bonds is 5. The highest BCUT2D eigenvalue weighted by atomic mass is 16.5. The number of ether oxygens (including phenoxy) is 1. The molecule has 0 aromatic heterocycles. The molecule has 0 spiro atoms. The highest BCUT2D eigenvalue weighted by molar-refractivity contribution is 5.87. The van der Waals surface area contributed by atoms with Crippen LogP contribution in [0.2, 0.25) is 0 Å². The second kappa shape index (κ2) is 6.39. The maximum atomic E-state index is 11.6. The second-order valence-corrected chi connectivity index (χ2v) is 4.93. The fourth-order valence-electron chi connectivity index (χ4n) is 2.12. The maximum absolute atomic E-state index is 11.6. The van der Waals surface area contributed by atoms with E-state index in [-0.39, 0.29) is 25.2 Å². The van der Waals surface area contributed by atoms with E-state index >= 15 is 0 Å². The van der Waals surface area contributed by atoms with Crippen LogP contribution in [0.4, 0.5) is 0 Å². The average molecular weight is 273 g/mol. The molecule has 0 atom stereocenters. The Balaban J connectivity index is 2.20. The van der Waals surface area contributed by atoms with Gasteiger partial charge in [0.1, 0.15) is 5.75 Å². The zero-order valence-electron chi connectivity index (χ0n) is 11.7. The summed E-state index contributed by atoms with van der Waals surface area (Å²) in [5, 5.41) is 14.3. The molecule has 106 valence electrons. The topological polar surface area (TPSA) is 58.6 Å². The summed E-state index contributed by atoms with van der Waals surface area (Å²) < 4.78 is 5.53. The predicted molar refractivity (Wildman–Crippen MR) is 78.6 cm³/mol. The molecule has 1 amide bonds. The van der Waals surface area contributed by atoms with Gasteiger partial charge in [0.2, 0.25) is 0 Å². The van der Waals surface area contributed by atoms with E-state index in [1.807, 2.05) is 44.2 Å². The fraction of sp³-hybridized carbons (Fsp3) is 0.312. The first-order valence-electron chi connectivity index (χ1n) is 6.65. The quantitative estimate of drug-likeness (QED) is 0.878. The fourth-order valence-corrected chi connectivity index (χ4v) is 2.12. The van der Waals surface area contributed by atoms with Crippen molar-refractivity contribution >= 4 is 16.7 Å². The van der Waals surface area contributed by atoms with Gasteiger partial charge in [0.05, 0.1) is 6.61 Å². The number of nitrogens with one attached hydrogen (secondary N) is 1. The Hall–Kier alpha value is -2.07. The van der Waals surface area contributed by atoms with Gasteiger partial charge in [-0.2, -0.15) is 0 Å². The number of benzene rings is 2. The van der Waals surface area contributed by atoms with Crippen molar-refractivity contribution in [2.75, 3.05) is 6.61 Å². The first kappa shape index (κ1) is 14.3. The molecule has 2 N–H and O–H groups in total. The van der Waals surface area contributed by atoms with E-state index in [0.29, 0.717) is 11.3 Å². The number of hydrogen-bond acceptors (Lipinski definition) is 3. The summed E-state index contributed by atoms with van der Waals surface area (Å²) >= 11 is 0. The van der Waals surface area contributed by atoms with Crippen molar-refractivity contribution in [3.8, 4) is 5.75 Å². The Morgan fingerprint density at radius 1 is 1.25 bits per heavy atom. The SMILES string of the molecule is CC(C)NC(=O)COc1ccc2ccccc2c1CO. The lowest BCUT2D eigenvalue weighted by atomic mass is 10.0. The number of aliphatic hydroxyl groups excluding tert-OH is 1. The molecule has 0 aliphatic rings. The van der Waals surface area contributed by atoms with Crippen LogP contribution >= 0.6 is 0 Å². The van der Waals surface area contributed by atoms with Crippen molar-refractivity contribution in [1.82, 2.24) is 5.32 Å². The molecule has 2 rings (SSSR count). The minimum atomic E-state index is -0.169. The van der Waals surface area contributed by atoms with Crippen molar-refractivity contribution in [1.29, 1.82) is 0 Å². The molecule has 0 aliphatic heterocycles. The Bertz CT molecular complexity index is 608. The third-order valence-corrected chi connectivity index (χ3v) is 2.96. The molecule has 2 aromatic carbocycles.